The van der Waals surface area contributed by atoms with E-state index in [0.29, 0.717) is 18.3 Å². The summed E-state index contributed by atoms with van der Waals surface area (Å²) in [5.74, 6) is 0.268. The lowest BCUT2D eigenvalue weighted by Crippen LogP contribution is -2.28. The maximum Gasteiger partial charge on any atom is 0.328 e. The number of nitrogen functional groups attached to an aromatic ring is 1. The van der Waals surface area contributed by atoms with Gasteiger partial charge in [0.05, 0.1) is 13.7 Å². The lowest BCUT2D eigenvalue weighted by molar-refractivity contribution is -0.141. The standard InChI is InChI=1S/C11H18N4O3/c1-4-5-18-10-8(12)9(13-6-14-10)15-7(2)11(16)17-3/h6-7H,4-5,12H2,1-3H3,(H,13,14,15). The van der Waals surface area contributed by atoms with Crippen LogP contribution < -0.4 is 15.8 Å². The van der Waals surface area contributed by atoms with Crippen LogP contribution >= 0.6 is 0 Å². The number of hydrogen-bond donors (Lipinski definition) is 2. The Morgan fingerprint density at radius 3 is 2.89 bits per heavy atom. The van der Waals surface area contributed by atoms with Crippen molar-refractivity contribution in [3.05, 3.63) is 6.33 Å². The van der Waals surface area contributed by atoms with Gasteiger partial charge in [-0.1, -0.05) is 6.92 Å². The predicted molar refractivity (Wildman–Crippen MR) is 67.3 cm³/mol. The third kappa shape index (κ3) is 3.47. The van der Waals surface area contributed by atoms with Crippen molar-refractivity contribution in [3.63, 3.8) is 0 Å². The van der Waals surface area contributed by atoms with Crippen LogP contribution in [-0.4, -0.2) is 35.7 Å². The molecule has 1 atom stereocenters. The van der Waals surface area contributed by atoms with Crippen molar-refractivity contribution in [3.8, 4) is 5.88 Å². The van der Waals surface area contributed by atoms with Crippen LogP contribution in [0, 0.1) is 0 Å². The van der Waals surface area contributed by atoms with Crippen molar-refractivity contribution in [2.45, 2.75) is 26.3 Å². The van der Waals surface area contributed by atoms with E-state index in [1.807, 2.05) is 6.92 Å². The Balaban J connectivity index is 2.80. The zero-order chi connectivity index (χ0) is 13.5. The fourth-order valence-corrected chi connectivity index (χ4v) is 1.25. The second-order valence-electron chi connectivity index (χ2n) is 3.68. The van der Waals surface area contributed by atoms with E-state index in [2.05, 4.69) is 20.0 Å². The molecule has 1 heterocycles. The van der Waals surface area contributed by atoms with Crippen LogP contribution in [0.25, 0.3) is 0 Å². The number of carbonyl (C=O) groups is 1. The van der Waals surface area contributed by atoms with Crippen molar-refractivity contribution in [1.29, 1.82) is 0 Å². The first kappa shape index (κ1) is 14.0. The average Bonchev–Trinajstić information content (AvgIpc) is 2.38. The van der Waals surface area contributed by atoms with Gasteiger partial charge in [-0.3, -0.25) is 0 Å². The Hall–Kier alpha value is -2.05. The third-order valence-electron chi connectivity index (χ3n) is 2.20. The Morgan fingerprint density at radius 1 is 1.56 bits per heavy atom. The Kier molecular flexibility index (Phi) is 5.16. The largest absolute Gasteiger partial charge is 0.476 e. The number of ether oxygens (including phenoxy) is 2. The highest BCUT2D eigenvalue weighted by Crippen LogP contribution is 2.25. The van der Waals surface area contributed by atoms with Crippen molar-refractivity contribution < 1.29 is 14.3 Å². The number of nitrogens with one attached hydrogen (secondary N) is 1. The van der Waals surface area contributed by atoms with Crippen LogP contribution in [0.4, 0.5) is 11.5 Å². The van der Waals surface area contributed by atoms with Crippen LogP contribution in [0.5, 0.6) is 5.88 Å². The van der Waals surface area contributed by atoms with E-state index in [1.54, 1.807) is 6.92 Å². The molecular weight excluding hydrogens is 236 g/mol. The second kappa shape index (κ2) is 6.63. The monoisotopic (exact) mass is 254 g/mol. The van der Waals surface area contributed by atoms with Crippen LogP contribution in [0.15, 0.2) is 6.33 Å². The van der Waals surface area contributed by atoms with Crippen LogP contribution in [0.3, 0.4) is 0 Å². The first-order valence-electron chi connectivity index (χ1n) is 5.67. The Labute approximate surface area is 106 Å². The molecule has 0 aliphatic rings. The molecule has 100 valence electrons. The molecule has 18 heavy (non-hydrogen) atoms. The molecule has 3 N–H and O–H groups in total. The van der Waals surface area contributed by atoms with Crippen LogP contribution in [0.2, 0.25) is 0 Å². The highest BCUT2D eigenvalue weighted by atomic mass is 16.5. The first-order chi connectivity index (χ1) is 8.60. The lowest BCUT2D eigenvalue weighted by atomic mass is 10.3. The van der Waals surface area contributed by atoms with Gasteiger partial charge in [0.15, 0.2) is 5.82 Å². The molecule has 0 bridgehead atoms. The summed E-state index contributed by atoms with van der Waals surface area (Å²) in [4.78, 5) is 19.2. The fraction of sp³-hybridized carbons (Fsp3) is 0.545. The number of aromatic nitrogens is 2. The van der Waals surface area contributed by atoms with E-state index in [4.69, 9.17) is 10.5 Å². The zero-order valence-electron chi connectivity index (χ0n) is 10.8. The molecule has 1 aromatic heterocycles. The van der Waals surface area contributed by atoms with E-state index >= 15 is 0 Å². The summed E-state index contributed by atoms with van der Waals surface area (Å²) in [7, 11) is 1.32. The maximum absolute atomic E-state index is 11.3. The molecule has 0 aliphatic carbocycles. The first-order valence-corrected chi connectivity index (χ1v) is 5.67. The molecule has 0 aliphatic heterocycles. The normalized spacial score (nSPS) is 11.7. The van der Waals surface area contributed by atoms with Crippen molar-refractivity contribution in [1.82, 2.24) is 9.97 Å². The summed E-state index contributed by atoms with van der Waals surface area (Å²) in [6, 6.07) is -0.550. The summed E-state index contributed by atoms with van der Waals surface area (Å²) in [6.45, 7) is 4.16. The quantitative estimate of drug-likeness (QED) is 0.725. The lowest BCUT2D eigenvalue weighted by Gasteiger charge is -2.15. The third-order valence-corrected chi connectivity index (χ3v) is 2.20. The SMILES string of the molecule is CCCOc1ncnc(NC(C)C(=O)OC)c1N. The molecule has 0 aromatic carbocycles. The van der Waals surface area contributed by atoms with E-state index in [9.17, 15) is 4.79 Å². The molecule has 1 aromatic rings. The van der Waals surface area contributed by atoms with Gasteiger partial charge in [-0.05, 0) is 13.3 Å². The van der Waals surface area contributed by atoms with Crippen LogP contribution in [0.1, 0.15) is 20.3 Å². The van der Waals surface area contributed by atoms with Gasteiger partial charge in [-0.25, -0.2) is 9.78 Å². The van der Waals surface area contributed by atoms with E-state index < -0.39 is 12.0 Å². The topological polar surface area (TPSA) is 99.4 Å². The van der Waals surface area contributed by atoms with E-state index in [0.717, 1.165) is 6.42 Å². The van der Waals surface area contributed by atoms with Gasteiger partial charge in [0.1, 0.15) is 18.1 Å². The minimum atomic E-state index is -0.550. The van der Waals surface area contributed by atoms with Gasteiger partial charge < -0.3 is 20.5 Å². The van der Waals surface area contributed by atoms with Crippen LogP contribution in [-0.2, 0) is 9.53 Å². The molecule has 0 amide bonds. The smallest absolute Gasteiger partial charge is 0.328 e. The Morgan fingerprint density at radius 2 is 2.28 bits per heavy atom. The number of carbonyl (C=O) groups excluding carboxylic acids is 1. The summed E-state index contributed by atoms with van der Waals surface area (Å²) >= 11 is 0. The minimum Gasteiger partial charge on any atom is -0.476 e. The summed E-state index contributed by atoms with van der Waals surface area (Å²) < 4.78 is 9.96. The molecule has 1 rings (SSSR count). The highest BCUT2D eigenvalue weighted by molar-refractivity contribution is 5.80. The van der Waals surface area contributed by atoms with Gasteiger partial charge in [0.25, 0.3) is 0 Å². The Bertz CT molecular complexity index is 411. The number of nitrogens with two attached hydrogens (primary N) is 1. The molecular formula is C11H18N4O3. The zero-order valence-corrected chi connectivity index (χ0v) is 10.8. The average molecular weight is 254 g/mol. The predicted octanol–water partition coefficient (Wildman–Crippen LogP) is 0.821. The number of hydrogen-bond acceptors (Lipinski definition) is 7. The van der Waals surface area contributed by atoms with Gasteiger partial charge in [-0.15, -0.1) is 0 Å². The van der Waals surface area contributed by atoms with Gasteiger partial charge in [0.2, 0.25) is 5.88 Å². The molecule has 1 unspecified atom stereocenters. The number of esters is 1. The maximum atomic E-state index is 11.3. The van der Waals surface area contributed by atoms with Crippen molar-refractivity contribution in [2.75, 3.05) is 24.8 Å². The number of nitrogens with zero attached hydrogens (tertiary/aromatic N) is 2. The number of anilines is 2. The summed E-state index contributed by atoms with van der Waals surface area (Å²) in [5.41, 5.74) is 6.13. The van der Waals surface area contributed by atoms with Crippen molar-refractivity contribution in [2.24, 2.45) is 0 Å². The fourth-order valence-electron chi connectivity index (χ4n) is 1.25. The molecule has 0 saturated heterocycles. The van der Waals surface area contributed by atoms with Gasteiger partial charge in [-0.2, -0.15) is 4.98 Å². The second-order valence-corrected chi connectivity index (χ2v) is 3.68. The number of methoxy groups -OCH3 is 1. The molecule has 0 spiro atoms. The van der Waals surface area contributed by atoms with Crippen molar-refractivity contribution >= 4 is 17.5 Å². The molecule has 0 radical (unpaired) electrons. The molecule has 7 nitrogen and oxygen atoms in total. The van der Waals surface area contributed by atoms with Gasteiger partial charge >= 0.3 is 5.97 Å². The van der Waals surface area contributed by atoms with Gasteiger partial charge in [0, 0.05) is 0 Å². The summed E-state index contributed by atoms with van der Waals surface area (Å²) in [6.07, 6.45) is 2.18. The van der Waals surface area contributed by atoms with E-state index in [-0.39, 0.29) is 5.69 Å². The molecule has 0 fully saturated rings. The molecule has 7 heteroatoms. The van der Waals surface area contributed by atoms with E-state index in [1.165, 1.54) is 13.4 Å². The number of rotatable bonds is 6. The minimum absolute atomic E-state index is 0.279. The summed E-state index contributed by atoms with van der Waals surface area (Å²) in [5, 5.41) is 2.85. The molecule has 0 saturated carbocycles. The highest BCUT2D eigenvalue weighted by Gasteiger charge is 2.16.